The predicted octanol–water partition coefficient (Wildman–Crippen LogP) is 1.81. The van der Waals surface area contributed by atoms with Crippen molar-refractivity contribution in [3.8, 4) is 6.07 Å². The van der Waals surface area contributed by atoms with Crippen LogP contribution in [0.1, 0.15) is 11.3 Å². The first kappa shape index (κ1) is 10.3. The second-order valence-corrected chi connectivity index (χ2v) is 4.79. The Morgan fingerprint density at radius 2 is 2.13 bits per heavy atom. The summed E-state index contributed by atoms with van der Waals surface area (Å²) in [5.74, 6) is 3.25. The van der Waals surface area contributed by atoms with Crippen molar-refractivity contribution in [3.05, 3.63) is 23.4 Å². The molecule has 0 aromatic carbocycles. The average molecular weight is 219 g/mol. The van der Waals surface area contributed by atoms with Crippen LogP contribution in [0.2, 0.25) is 0 Å². The predicted molar refractivity (Wildman–Crippen MR) is 63.2 cm³/mol. The van der Waals surface area contributed by atoms with E-state index < -0.39 is 0 Å². The molecule has 0 bridgehead atoms. The van der Waals surface area contributed by atoms with E-state index >= 15 is 0 Å². The van der Waals surface area contributed by atoms with E-state index in [1.54, 1.807) is 0 Å². The van der Waals surface area contributed by atoms with Crippen molar-refractivity contribution in [2.45, 2.75) is 6.92 Å². The van der Waals surface area contributed by atoms with Crippen LogP contribution in [0.3, 0.4) is 0 Å². The normalized spacial score (nSPS) is 16.1. The lowest BCUT2D eigenvalue weighted by molar-refractivity contribution is 0.835. The summed E-state index contributed by atoms with van der Waals surface area (Å²) in [6.45, 7) is 4.00. The Morgan fingerprint density at radius 3 is 2.80 bits per heavy atom. The minimum absolute atomic E-state index is 0.704. The van der Waals surface area contributed by atoms with Crippen LogP contribution in [0.25, 0.3) is 0 Å². The molecule has 4 heteroatoms. The van der Waals surface area contributed by atoms with Crippen molar-refractivity contribution in [3.63, 3.8) is 0 Å². The van der Waals surface area contributed by atoms with Gasteiger partial charge in [-0.15, -0.1) is 0 Å². The maximum Gasteiger partial charge on any atom is 0.130 e. The van der Waals surface area contributed by atoms with Crippen molar-refractivity contribution in [2.24, 2.45) is 0 Å². The summed E-state index contributed by atoms with van der Waals surface area (Å²) in [5, 5.41) is 8.88. The van der Waals surface area contributed by atoms with E-state index in [0.29, 0.717) is 5.56 Å². The second-order valence-electron chi connectivity index (χ2n) is 3.57. The Kier molecular flexibility index (Phi) is 3.12. The largest absolute Gasteiger partial charge is 0.355 e. The van der Waals surface area contributed by atoms with E-state index in [0.717, 1.165) is 36.1 Å². The smallest absolute Gasteiger partial charge is 0.130 e. The van der Waals surface area contributed by atoms with Crippen LogP contribution in [-0.2, 0) is 0 Å². The van der Waals surface area contributed by atoms with E-state index in [-0.39, 0.29) is 0 Å². The minimum atomic E-state index is 0.704. The highest BCUT2D eigenvalue weighted by atomic mass is 32.2. The van der Waals surface area contributed by atoms with Gasteiger partial charge in [0, 0.05) is 30.3 Å². The van der Waals surface area contributed by atoms with Gasteiger partial charge in [0.1, 0.15) is 5.82 Å². The molecule has 0 atom stereocenters. The highest BCUT2D eigenvalue weighted by Crippen LogP contribution is 2.18. The zero-order valence-corrected chi connectivity index (χ0v) is 9.55. The molecule has 1 aliphatic rings. The van der Waals surface area contributed by atoms with Gasteiger partial charge < -0.3 is 4.90 Å². The molecule has 0 spiro atoms. The van der Waals surface area contributed by atoms with Crippen LogP contribution in [0.5, 0.6) is 0 Å². The molecule has 15 heavy (non-hydrogen) atoms. The molecule has 1 aromatic rings. The van der Waals surface area contributed by atoms with Gasteiger partial charge in [-0.2, -0.15) is 17.0 Å². The number of aromatic nitrogens is 1. The summed E-state index contributed by atoms with van der Waals surface area (Å²) in [6, 6.07) is 5.87. The summed E-state index contributed by atoms with van der Waals surface area (Å²) < 4.78 is 0. The highest BCUT2D eigenvalue weighted by molar-refractivity contribution is 7.99. The van der Waals surface area contributed by atoms with Crippen molar-refractivity contribution >= 4 is 17.6 Å². The number of hydrogen-bond donors (Lipinski definition) is 0. The number of hydrogen-bond acceptors (Lipinski definition) is 4. The zero-order valence-electron chi connectivity index (χ0n) is 8.73. The fourth-order valence-corrected chi connectivity index (χ4v) is 2.57. The zero-order chi connectivity index (χ0) is 10.7. The molecule has 2 rings (SSSR count). The Labute approximate surface area is 94.1 Å². The second kappa shape index (κ2) is 4.54. The summed E-state index contributed by atoms with van der Waals surface area (Å²) in [5.41, 5.74) is 1.62. The Bertz CT molecular complexity index is 391. The van der Waals surface area contributed by atoms with Crippen molar-refractivity contribution in [1.82, 2.24) is 4.98 Å². The Hall–Kier alpha value is -1.21. The van der Waals surface area contributed by atoms with Crippen molar-refractivity contribution in [2.75, 3.05) is 29.5 Å². The molecular weight excluding hydrogens is 206 g/mol. The Balaban J connectivity index is 2.27. The van der Waals surface area contributed by atoms with Crippen molar-refractivity contribution in [1.29, 1.82) is 5.26 Å². The molecule has 0 unspecified atom stereocenters. The van der Waals surface area contributed by atoms with Crippen LogP contribution >= 0.6 is 11.8 Å². The number of thioether (sulfide) groups is 1. The van der Waals surface area contributed by atoms with E-state index in [1.807, 2.05) is 30.8 Å². The fraction of sp³-hybridized carbons (Fsp3) is 0.455. The van der Waals surface area contributed by atoms with Crippen LogP contribution in [0.4, 0.5) is 5.82 Å². The van der Waals surface area contributed by atoms with Gasteiger partial charge in [0.15, 0.2) is 0 Å². The van der Waals surface area contributed by atoms with Gasteiger partial charge in [-0.3, -0.25) is 0 Å². The minimum Gasteiger partial charge on any atom is -0.355 e. The SMILES string of the molecule is Cc1cc(C#N)cc(N2CCSCC2)n1. The first-order valence-corrected chi connectivity index (χ1v) is 6.16. The molecule has 0 amide bonds. The van der Waals surface area contributed by atoms with Gasteiger partial charge >= 0.3 is 0 Å². The maximum atomic E-state index is 8.88. The molecular formula is C11H13N3S. The van der Waals surface area contributed by atoms with E-state index in [9.17, 15) is 0 Å². The monoisotopic (exact) mass is 219 g/mol. The van der Waals surface area contributed by atoms with E-state index in [4.69, 9.17) is 5.26 Å². The first-order valence-electron chi connectivity index (χ1n) is 5.01. The molecule has 0 saturated carbocycles. The first-order chi connectivity index (χ1) is 7.29. The maximum absolute atomic E-state index is 8.88. The number of rotatable bonds is 1. The van der Waals surface area contributed by atoms with E-state index in [2.05, 4.69) is 16.0 Å². The number of anilines is 1. The molecule has 1 aromatic heterocycles. The standard InChI is InChI=1S/C11H13N3S/c1-9-6-10(8-12)7-11(13-9)14-2-4-15-5-3-14/h6-7H,2-5H2,1H3. The molecule has 78 valence electrons. The third kappa shape index (κ3) is 2.42. The van der Waals surface area contributed by atoms with Crippen LogP contribution in [-0.4, -0.2) is 29.6 Å². The van der Waals surface area contributed by atoms with Gasteiger partial charge in [-0.05, 0) is 19.1 Å². The quantitative estimate of drug-likeness (QED) is 0.722. The number of pyridine rings is 1. The van der Waals surface area contributed by atoms with Crippen molar-refractivity contribution < 1.29 is 0 Å². The summed E-state index contributed by atoms with van der Waals surface area (Å²) in [4.78, 5) is 6.73. The summed E-state index contributed by atoms with van der Waals surface area (Å²) in [7, 11) is 0. The molecule has 2 heterocycles. The summed E-state index contributed by atoms with van der Waals surface area (Å²) >= 11 is 1.97. The van der Waals surface area contributed by atoms with E-state index in [1.165, 1.54) is 0 Å². The average Bonchev–Trinajstić information content (AvgIpc) is 2.29. The lowest BCUT2D eigenvalue weighted by Crippen LogP contribution is -2.33. The Morgan fingerprint density at radius 1 is 1.40 bits per heavy atom. The van der Waals surface area contributed by atoms with Crippen LogP contribution < -0.4 is 4.90 Å². The van der Waals surface area contributed by atoms with Gasteiger partial charge in [0.05, 0.1) is 11.6 Å². The summed E-state index contributed by atoms with van der Waals surface area (Å²) in [6.07, 6.45) is 0. The molecule has 1 saturated heterocycles. The lowest BCUT2D eigenvalue weighted by atomic mass is 10.2. The van der Waals surface area contributed by atoms with Crippen LogP contribution in [0.15, 0.2) is 12.1 Å². The molecule has 3 nitrogen and oxygen atoms in total. The lowest BCUT2D eigenvalue weighted by Gasteiger charge is -2.27. The molecule has 0 N–H and O–H groups in total. The third-order valence-electron chi connectivity index (χ3n) is 2.40. The van der Waals surface area contributed by atoms with Gasteiger partial charge in [0.25, 0.3) is 0 Å². The number of nitrogens with zero attached hydrogens (tertiary/aromatic N) is 3. The fourth-order valence-electron chi connectivity index (χ4n) is 1.67. The van der Waals surface area contributed by atoms with Gasteiger partial charge in [-0.1, -0.05) is 0 Å². The van der Waals surface area contributed by atoms with Crippen LogP contribution in [0, 0.1) is 18.3 Å². The molecule has 0 radical (unpaired) electrons. The van der Waals surface area contributed by atoms with Gasteiger partial charge in [0.2, 0.25) is 0 Å². The topological polar surface area (TPSA) is 39.9 Å². The van der Waals surface area contributed by atoms with Gasteiger partial charge in [-0.25, -0.2) is 4.98 Å². The number of aryl methyl sites for hydroxylation is 1. The molecule has 1 fully saturated rings. The molecule has 1 aliphatic heterocycles. The third-order valence-corrected chi connectivity index (χ3v) is 3.35. The molecule has 0 aliphatic carbocycles. The number of nitriles is 1. The highest BCUT2D eigenvalue weighted by Gasteiger charge is 2.13.